The molecule has 3 N–H and O–H groups in total. The molecule has 0 aliphatic carbocycles. The molecule has 0 fully saturated rings. The number of aromatic nitrogens is 3. The second-order valence-corrected chi connectivity index (χ2v) is 5.53. The van der Waals surface area contributed by atoms with Gasteiger partial charge in [0.15, 0.2) is 0 Å². The van der Waals surface area contributed by atoms with Crippen molar-refractivity contribution in [1.82, 2.24) is 15.0 Å². The van der Waals surface area contributed by atoms with E-state index in [0.717, 1.165) is 13.0 Å². The first kappa shape index (κ1) is 15.8. The number of nitrogens with one attached hydrogen (secondary N) is 1. The van der Waals surface area contributed by atoms with Gasteiger partial charge in [-0.1, -0.05) is 12.8 Å². The minimum atomic E-state index is 0.251. The molecular formula is C12H24N6S. The molecule has 0 amide bonds. The van der Waals surface area contributed by atoms with Crippen LogP contribution in [0.5, 0.6) is 0 Å². The number of hydrogen-bond acceptors (Lipinski definition) is 7. The molecule has 0 aliphatic rings. The van der Waals surface area contributed by atoms with E-state index in [0.29, 0.717) is 11.9 Å². The third-order valence-electron chi connectivity index (χ3n) is 2.60. The zero-order valence-corrected chi connectivity index (χ0v) is 12.8. The van der Waals surface area contributed by atoms with Crippen LogP contribution in [0.15, 0.2) is 0 Å². The Hall–Kier alpha value is -1.24. The average Bonchev–Trinajstić information content (AvgIpc) is 2.37. The Bertz CT molecular complexity index is 371. The highest BCUT2D eigenvalue weighted by molar-refractivity contribution is 7.98. The quantitative estimate of drug-likeness (QED) is 0.670. The first-order chi connectivity index (χ1) is 9.13. The number of rotatable bonds is 9. The van der Waals surface area contributed by atoms with E-state index in [9.17, 15) is 0 Å². The summed E-state index contributed by atoms with van der Waals surface area (Å²) < 4.78 is 0. The molecule has 0 spiro atoms. The van der Waals surface area contributed by atoms with Gasteiger partial charge in [0, 0.05) is 20.6 Å². The van der Waals surface area contributed by atoms with Crippen LogP contribution in [0.3, 0.4) is 0 Å². The largest absolute Gasteiger partial charge is 0.368 e. The fraction of sp³-hybridized carbons (Fsp3) is 0.750. The summed E-state index contributed by atoms with van der Waals surface area (Å²) in [5.41, 5.74) is 5.65. The SMILES string of the molecule is CSCCCCCCNc1nc(N)nc(N(C)C)n1. The molecule has 1 aromatic heterocycles. The molecule has 0 atom stereocenters. The molecule has 6 nitrogen and oxygen atoms in total. The van der Waals surface area contributed by atoms with Crippen LogP contribution in [0.4, 0.5) is 17.8 Å². The van der Waals surface area contributed by atoms with Gasteiger partial charge in [-0.25, -0.2) is 0 Å². The van der Waals surface area contributed by atoms with Gasteiger partial charge in [-0.3, -0.25) is 0 Å². The fourth-order valence-corrected chi connectivity index (χ4v) is 2.08. The molecule has 0 aliphatic heterocycles. The van der Waals surface area contributed by atoms with Crippen molar-refractivity contribution in [1.29, 1.82) is 0 Å². The minimum Gasteiger partial charge on any atom is -0.368 e. The van der Waals surface area contributed by atoms with Crippen LogP contribution in [0.2, 0.25) is 0 Å². The smallest absolute Gasteiger partial charge is 0.231 e. The maximum atomic E-state index is 5.65. The highest BCUT2D eigenvalue weighted by Crippen LogP contribution is 2.09. The molecule has 1 aromatic rings. The van der Waals surface area contributed by atoms with E-state index in [1.54, 1.807) is 0 Å². The van der Waals surface area contributed by atoms with Gasteiger partial charge in [-0.15, -0.1) is 0 Å². The van der Waals surface area contributed by atoms with Crippen molar-refractivity contribution in [3.8, 4) is 0 Å². The lowest BCUT2D eigenvalue weighted by atomic mass is 10.2. The maximum absolute atomic E-state index is 5.65. The lowest BCUT2D eigenvalue weighted by Gasteiger charge is -2.12. The molecular weight excluding hydrogens is 260 g/mol. The second-order valence-electron chi connectivity index (χ2n) is 4.55. The molecule has 0 radical (unpaired) electrons. The van der Waals surface area contributed by atoms with E-state index >= 15 is 0 Å². The molecule has 1 rings (SSSR count). The van der Waals surface area contributed by atoms with E-state index in [1.165, 1.54) is 25.0 Å². The van der Waals surface area contributed by atoms with Gasteiger partial charge in [-0.2, -0.15) is 26.7 Å². The van der Waals surface area contributed by atoms with Crippen LogP contribution in [-0.4, -0.2) is 47.6 Å². The summed E-state index contributed by atoms with van der Waals surface area (Å²) in [6, 6.07) is 0. The molecule has 108 valence electrons. The molecule has 0 unspecified atom stereocenters. The zero-order chi connectivity index (χ0) is 14.1. The van der Waals surface area contributed by atoms with E-state index < -0.39 is 0 Å². The monoisotopic (exact) mass is 284 g/mol. The molecule has 19 heavy (non-hydrogen) atoms. The van der Waals surface area contributed by atoms with E-state index in [-0.39, 0.29) is 5.95 Å². The number of nitrogens with zero attached hydrogens (tertiary/aromatic N) is 4. The Morgan fingerprint density at radius 1 is 1.11 bits per heavy atom. The van der Waals surface area contributed by atoms with Crippen LogP contribution >= 0.6 is 11.8 Å². The van der Waals surface area contributed by atoms with E-state index in [1.807, 2.05) is 30.8 Å². The van der Waals surface area contributed by atoms with Gasteiger partial charge in [0.25, 0.3) is 0 Å². The molecule has 0 aromatic carbocycles. The molecule has 0 saturated heterocycles. The van der Waals surface area contributed by atoms with Gasteiger partial charge in [-0.05, 0) is 24.9 Å². The van der Waals surface area contributed by atoms with Crippen LogP contribution in [0, 0.1) is 0 Å². The lowest BCUT2D eigenvalue weighted by molar-refractivity contribution is 0.687. The first-order valence-corrected chi connectivity index (χ1v) is 7.94. The van der Waals surface area contributed by atoms with Crippen molar-refractivity contribution < 1.29 is 0 Å². The van der Waals surface area contributed by atoms with Gasteiger partial charge < -0.3 is 16.0 Å². The number of hydrogen-bond donors (Lipinski definition) is 2. The lowest BCUT2D eigenvalue weighted by Crippen LogP contribution is -2.16. The topological polar surface area (TPSA) is 80.0 Å². The highest BCUT2D eigenvalue weighted by Gasteiger charge is 2.05. The summed E-state index contributed by atoms with van der Waals surface area (Å²) in [4.78, 5) is 14.2. The Labute approximate surface area is 119 Å². The summed E-state index contributed by atoms with van der Waals surface area (Å²) in [5, 5.41) is 3.20. The van der Waals surface area contributed by atoms with Gasteiger partial charge >= 0.3 is 0 Å². The number of nitrogen functional groups attached to an aromatic ring is 1. The van der Waals surface area contributed by atoms with Crippen molar-refractivity contribution in [3.05, 3.63) is 0 Å². The molecule has 1 heterocycles. The fourth-order valence-electron chi connectivity index (χ4n) is 1.58. The van der Waals surface area contributed by atoms with Crippen molar-refractivity contribution >= 4 is 29.6 Å². The van der Waals surface area contributed by atoms with Crippen LogP contribution in [0.25, 0.3) is 0 Å². The average molecular weight is 284 g/mol. The second kappa shape index (κ2) is 8.79. The predicted molar refractivity (Wildman–Crippen MR) is 83.9 cm³/mol. The summed E-state index contributed by atoms with van der Waals surface area (Å²) >= 11 is 1.91. The van der Waals surface area contributed by atoms with Gasteiger partial charge in [0.2, 0.25) is 17.8 Å². The Balaban J connectivity index is 2.29. The van der Waals surface area contributed by atoms with Crippen molar-refractivity contribution in [3.63, 3.8) is 0 Å². The summed E-state index contributed by atoms with van der Waals surface area (Å²) in [7, 11) is 3.76. The van der Waals surface area contributed by atoms with Crippen molar-refractivity contribution in [2.24, 2.45) is 0 Å². The summed E-state index contributed by atoms with van der Waals surface area (Å²) in [6.45, 7) is 0.871. The maximum Gasteiger partial charge on any atom is 0.231 e. The highest BCUT2D eigenvalue weighted by atomic mass is 32.2. The summed E-state index contributed by atoms with van der Waals surface area (Å²) in [6.07, 6.45) is 7.08. The Morgan fingerprint density at radius 3 is 2.53 bits per heavy atom. The molecule has 7 heteroatoms. The third-order valence-corrected chi connectivity index (χ3v) is 3.30. The zero-order valence-electron chi connectivity index (χ0n) is 12.0. The Morgan fingerprint density at radius 2 is 1.84 bits per heavy atom. The van der Waals surface area contributed by atoms with E-state index in [2.05, 4.69) is 26.5 Å². The molecule has 0 saturated carbocycles. The molecule has 0 bridgehead atoms. The minimum absolute atomic E-state index is 0.251. The van der Waals surface area contributed by atoms with Crippen molar-refractivity contribution in [2.45, 2.75) is 25.7 Å². The number of unbranched alkanes of at least 4 members (excludes halogenated alkanes) is 3. The standard InChI is InChI=1S/C12H24N6S/c1-18(2)12-16-10(13)15-11(17-12)14-8-6-4-5-7-9-19-3/h4-9H2,1-3H3,(H3,13,14,15,16,17). The van der Waals surface area contributed by atoms with Gasteiger partial charge in [0.05, 0.1) is 0 Å². The normalized spacial score (nSPS) is 10.5. The van der Waals surface area contributed by atoms with E-state index in [4.69, 9.17) is 5.73 Å². The Kier molecular flexibility index (Phi) is 7.32. The third kappa shape index (κ3) is 6.47. The number of thioether (sulfide) groups is 1. The number of anilines is 3. The first-order valence-electron chi connectivity index (χ1n) is 6.55. The van der Waals surface area contributed by atoms with Crippen molar-refractivity contribution in [2.75, 3.05) is 48.6 Å². The van der Waals surface area contributed by atoms with Crippen LogP contribution < -0.4 is 16.0 Å². The van der Waals surface area contributed by atoms with Crippen LogP contribution in [0.1, 0.15) is 25.7 Å². The van der Waals surface area contributed by atoms with Gasteiger partial charge in [0.1, 0.15) is 0 Å². The number of nitrogens with two attached hydrogens (primary N) is 1. The summed E-state index contributed by atoms with van der Waals surface area (Å²) in [5.74, 6) is 2.64. The predicted octanol–water partition coefficient (Wildman–Crippen LogP) is 1.86. The van der Waals surface area contributed by atoms with Crippen LogP contribution in [-0.2, 0) is 0 Å².